The van der Waals surface area contributed by atoms with Crippen molar-refractivity contribution in [1.82, 2.24) is 15.5 Å². The lowest BCUT2D eigenvalue weighted by Crippen LogP contribution is -2.39. The van der Waals surface area contributed by atoms with E-state index in [1.54, 1.807) is 30.6 Å². The van der Waals surface area contributed by atoms with Crippen molar-refractivity contribution in [2.75, 3.05) is 6.54 Å². The summed E-state index contributed by atoms with van der Waals surface area (Å²) in [6.07, 6.45) is 7.46. The molecule has 1 aromatic carbocycles. The van der Waals surface area contributed by atoms with Gasteiger partial charge in [0.15, 0.2) is 11.5 Å². The molecule has 0 spiro atoms. The molecule has 1 aliphatic carbocycles. The summed E-state index contributed by atoms with van der Waals surface area (Å²) in [5.74, 6) is 0.00581. The van der Waals surface area contributed by atoms with Crippen LogP contribution in [0, 0.1) is 5.82 Å². The molecule has 1 fully saturated rings. The van der Waals surface area contributed by atoms with Gasteiger partial charge in [-0.15, -0.1) is 0 Å². The fraction of sp³-hybridized carbons (Fsp3) is 0.286. The van der Waals surface area contributed by atoms with E-state index < -0.39 is 0 Å². The number of nitrogens with zero attached hydrogens (tertiary/aromatic N) is 2. The minimum Gasteiger partial charge on any atom is -0.355 e. The number of pyridine rings is 1. The van der Waals surface area contributed by atoms with Gasteiger partial charge >= 0.3 is 0 Å². The molecule has 5 nitrogen and oxygen atoms in total. The van der Waals surface area contributed by atoms with Gasteiger partial charge in [0, 0.05) is 36.0 Å². The van der Waals surface area contributed by atoms with Gasteiger partial charge in [0.2, 0.25) is 0 Å². The quantitative estimate of drug-likeness (QED) is 0.739. The van der Waals surface area contributed by atoms with Gasteiger partial charge in [0.05, 0.1) is 0 Å². The number of aromatic nitrogens is 2. The Labute approximate surface area is 156 Å². The lowest BCUT2D eigenvalue weighted by Gasteiger charge is -2.29. The van der Waals surface area contributed by atoms with E-state index >= 15 is 0 Å². The second-order valence-electron chi connectivity index (χ2n) is 6.99. The molecule has 1 aliphatic rings. The fourth-order valence-electron chi connectivity index (χ4n) is 3.80. The second kappa shape index (κ2) is 7.31. The van der Waals surface area contributed by atoms with Crippen LogP contribution >= 0.6 is 0 Å². The van der Waals surface area contributed by atoms with Gasteiger partial charge in [-0.1, -0.05) is 30.1 Å². The zero-order chi connectivity index (χ0) is 18.7. The Balaban J connectivity index is 1.48. The highest BCUT2D eigenvalue weighted by Gasteiger charge is 2.36. The first-order chi connectivity index (χ1) is 13.2. The van der Waals surface area contributed by atoms with Crippen molar-refractivity contribution < 1.29 is 13.7 Å². The maximum atomic E-state index is 13.3. The highest BCUT2D eigenvalue weighted by molar-refractivity contribution is 5.93. The van der Waals surface area contributed by atoms with E-state index in [1.807, 2.05) is 12.1 Å². The van der Waals surface area contributed by atoms with E-state index in [-0.39, 0.29) is 22.8 Å². The van der Waals surface area contributed by atoms with Crippen molar-refractivity contribution >= 4 is 5.91 Å². The Morgan fingerprint density at radius 2 is 1.81 bits per heavy atom. The Morgan fingerprint density at radius 1 is 1.11 bits per heavy atom. The van der Waals surface area contributed by atoms with Crippen molar-refractivity contribution in [3.63, 3.8) is 0 Å². The Bertz CT molecular complexity index is 916. The average molecular weight is 365 g/mol. The number of halogens is 1. The van der Waals surface area contributed by atoms with Gasteiger partial charge in [0.1, 0.15) is 5.82 Å². The summed E-state index contributed by atoms with van der Waals surface area (Å²) in [6.45, 7) is 0.495. The number of carbonyl (C=O) groups excluding carboxylic acids is 1. The zero-order valence-electron chi connectivity index (χ0n) is 14.8. The van der Waals surface area contributed by atoms with Crippen LogP contribution in [0.2, 0.25) is 0 Å². The van der Waals surface area contributed by atoms with Crippen LogP contribution in [0.25, 0.3) is 11.3 Å². The first-order valence-electron chi connectivity index (χ1n) is 9.08. The lowest BCUT2D eigenvalue weighted by molar-refractivity contribution is 0.0934. The summed E-state index contributed by atoms with van der Waals surface area (Å²) in [4.78, 5) is 16.5. The van der Waals surface area contributed by atoms with Gasteiger partial charge in [0.25, 0.3) is 5.91 Å². The minimum atomic E-state index is -0.271. The maximum Gasteiger partial charge on any atom is 0.273 e. The molecular weight excluding hydrogens is 345 g/mol. The molecule has 1 amide bonds. The van der Waals surface area contributed by atoms with Crippen LogP contribution in [-0.4, -0.2) is 22.6 Å². The number of carbonyl (C=O) groups is 1. The number of benzene rings is 1. The molecular formula is C21H20FN3O2. The number of hydrogen-bond donors (Lipinski definition) is 1. The number of amides is 1. The number of hydrogen-bond acceptors (Lipinski definition) is 4. The van der Waals surface area contributed by atoms with Crippen molar-refractivity contribution in [3.05, 3.63) is 71.9 Å². The summed E-state index contributed by atoms with van der Waals surface area (Å²) >= 11 is 0. The topological polar surface area (TPSA) is 68.0 Å². The van der Waals surface area contributed by atoms with E-state index in [2.05, 4.69) is 15.5 Å². The molecule has 0 atom stereocenters. The molecule has 0 unspecified atom stereocenters. The van der Waals surface area contributed by atoms with Crippen LogP contribution in [0.15, 0.2) is 59.4 Å². The van der Waals surface area contributed by atoms with Crippen LogP contribution in [0.1, 0.15) is 41.7 Å². The summed E-state index contributed by atoms with van der Waals surface area (Å²) in [5, 5.41) is 6.88. The van der Waals surface area contributed by atoms with Gasteiger partial charge in [-0.05, 0) is 42.7 Å². The van der Waals surface area contributed by atoms with E-state index in [0.717, 1.165) is 36.8 Å². The first-order valence-corrected chi connectivity index (χ1v) is 9.08. The standard InChI is InChI=1S/C21H20FN3O2/c22-17-5-3-16(4-6-17)21(9-1-2-10-21)14-24-20(26)18-13-19(27-25-18)15-7-11-23-12-8-15/h3-8,11-13H,1-2,9-10,14H2,(H,24,26). The number of nitrogens with one attached hydrogen (secondary N) is 1. The summed E-state index contributed by atoms with van der Waals surface area (Å²) in [7, 11) is 0. The number of rotatable bonds is 5. The Hall–Kier alpha value is -3.02. The molecule has 0 saturated heterocycles. The molecule has 3 aromatic rings. The van der Waals surface area contributed by atoms with E-state index in [9.17, 15) is 9.18 Å². The van der Waals surface area contributed by atoms with Gasteiger partial charge in [-0.3, -0.25) is 9.78 Å². The van der Waals surface area contributed by atoms with Gasteiger partial charge in [-0.2, -0.15) is 0 Å². The van der Waals surface area contributed by atoms with Crippen molar-refractivity contribution in [2.45, 2.75) is 31.1 Å². The van der Waals surface area contributed by atoms with Crippen LogP contribution in [0.5, 0.6) is 0 Å². The Kier molecular flexibility index (Phi) is 4.71. The van der Waals surface area contributed by atoms with E-state index in [0.29, 0.717) is 12.3 Å². The van der Waals surface area contributed by atoms with E-state index in [1.165, 1.54) is 12.1 Å². The average Bonchev–Trinajstić information content (AvgIpc) is 3.38. The summed E-state index contributed by atoms with van der Waals surface area (Å²) in [6, 6.07) is 11.8. The normalized spacial score (nSPS) is 15.6. The lowest BCUT2D eigenvalue weighted by atomic mass is 9.79. The van der Waals surface area contributed by atoms with Crippen molar-refractivity contribution in [1.29, 1.82) is 0 Å². The minimum absolute atomic E-state index is 0.152. The molecule has 0 bridgehead atoms. The Morgan fingerprint density at radius 3 is 2.52 bits per heavy atom. The van der Waals surface area contributed by atoms with Crippen molar-refractivity contribution in [3.8, 4) is 11.3 Å². The molecule has 6 heteroatoms. The predicted molar refractivity (Wildman–Crippen MR) is 98.6 cm³/mol. The molecule has 4 rings (SSSR count). The monoisotopic (exact) mass is 365 g/mol. The largest absolute Gasteiger partial charge is 0.355 e. The van der Waals surface area contributed by atoms with Crippen LogP contribution in [-0.2, 0) is 5.41 Å². The third-order valence-corrected chi connectivity index (χ3v) is 5.31. The van der Waals surface area contributed by atoms with Crippen LogP contribution in [0.3, 0.4) is 0 Å². The van der Waals surface area contributed by atoms with Crippen LogP contribution < -0.4 is 5.32 Å². The molecule has 1 saturated carbocycles. The summed E-state index contributed by atoms with van der Waals surface area (Å²) < 4.78 is 18.6. The highest BCUT2D eigenvalue weighted by atomic mass is 19.1. The molecule has 138 valence electrons. The molecule has 0 aliphatic heterocycles. The third-order valence-electron chi connectivity index (χ3n) is 5.31. The molecule has 2 aromatic heterocycles. The van der Waals surface area contributed by atoms with Crippen molar-refractivity contribution in [2.24, 2.45) is 0 Å². The van der Waals surface area contributed by atoms with E-state index in [4.69, 9.17) is 4.52 Å². The fourth-order valence-corrected chi connectivity index (χ4v) is 3.80. The maximum absolute atomic E-state index is 13.3. The molecule has 1 N–H and O–H groups in total. The molecule has 2 heterocycles. The van der Waals surface area contributed by atoms with Gasteiger partial charge < -0.3 is 9.84 Å². The predicted octanol–water partition coefficient (Wildman–Crippen LogP) is 4.12. The zero-order valence-corrected chi connectivity index (χ0v) is 14.8. The summed E-state index contributed by atoms with van der Waals surface area (Å²) in [5.41, 5.74) is 1.98. The smallest absolute Gasteiger partial charge is 0.273 e. The third kappa shape index (κ3) is 3.60. The first kappa shape index (κ1) is 17.4. The van der Waals surface area contributed by atoms with Crippen LogP contribution in [0.4, 0.5) is 4.39 Å². The highest BCUT2D eigenvalue weighted by Crippen LogP contribution is 2.40. The molecule has 27 heavy (non-hydrogen) atoms. The molecule has 0 radical (unpaired) electrons. The van der Waals surface area contributed by atoms with Gasteiger partial charge in [-0.25, -0.2) is 4.39 Å². The SMILES string of the molecule is O=C(NCC1(c2ccc(F)cc2)CCCC1)c1cc(-c2ccncc2)on1. The second-order valence-corrected chi connectivity index (χ2v) is 6.99.